The predicted molar refractivity (Wildman–Crippen MR) is 92.6 cm³/mol. The van der Waals surface area contributed by atoms with Crippen molar-refractivity contribution in [2.45, 2.75) is 25.8 Å². The van der Waals surface area contributed by atoms with E-state index in [1.807, 2.05) is 25.1 Å². The van der Waals surface area contributed by atoms with E-state index in [0.717, 1.165) is 55.2 Å². The first kappa shape index (κ1) is 15.1. The van der Waals surface area contributed by atoms with Crippen LogP contribution in [0.3, 0.4) is 0 Å². The van der Waals surface area contributed by atoms with E-state index in [4.69, 9.17) is 0 Å². The minimum Gasteiger partial charge on any atom is -0.363 e. The van der Waals surface area contributed by atoms with Crippen LogP contribution < -0.4 is 15.4 Å². The van der Waals surface area contributed by atoms with Gasteiger partial charge in [-0.05, 0) is 24.8 Å². The Kier molecular flexibility index (Phi) is 3.70. The van der Waals surface area contributed by atoms with Gasteiger partial charge in [-0.25, -0.2) is 14.6 Å². The fourth-order valence-corrected chi connectivity index (χ4v) is 3.44. The van der Waals surface area contributed by atoms with Crippen molar-refractivity contribution in [2.75, 3.05) is 37.0 Å². The Bertz CT molecular complexity index is 809. The summed E-state index contributed by atoms with van der Waals surface area (Å²) in [6, 6.07) is 3.77. The molecule has 0 aromatic carbocycles. The summed E-state index contributed by atoms with van der Waals surface area (Å²) in [7, 11) is 3.94. The van der Waals surface area contributed by atoms with Crippen LogP contribution >= 0.6 is 0 Å². The molecule has 0 unspecified atom stereocenters. The van der Waals surface area contributed by atoms with Gasteiger partial charge in [0.25, 0.3) is 5.56 Å². The molecule has 1 fully saturated rings. The molecule has 0 radical (unpaired) electrons. The Hall–Kier alpha value is -2.44. The van der Waals surface area contributed by atoms with Gasteiger partial charge in [0.15, 0.2) is 0 Å². The van der Waals surface area contributed by atoms with Gasteiger partial charge in [-0.2, -0.15) is 5.10 Å². The van der Waals surface area contributed by atoms with Crippen molar-refractivity contribution in [3.05, 3.63) is 40.1 Å². The third kappa shape index (κ3) is 2.74. The van der Waals surface area contributed by atoms with Crippen molar-refractivity contribution in [1.82, 2.24) is 19.7 Å². The predicted octanol–water partition coefficient (Wildman–Crippen LogP) is 0.724. The number of hydrogen-bond donors (Lipinski definition) is 0. The first-order valence-electron chi connectivity index (χ1n) is 8.44. The lowest BCUT2D eigenvalue weighted by atomic mass is 10.0. The van der Waals surface area contributed by atoms with Gasteiger partial charge >= 0.3 is 0 Å². The third-order valence-electron chi connectivity index (χ3n) is 4.83. The van der Waals surface area contributed by atoms with Crippen LogP contribution in [0.4, 0.5) is 11.6 Å². The molecule has 3 heterocycles. The van der Waals surface area contributed by atoms with Gasteiger partial charge in [0, 0.05) is 45.2 Å². The fourth-order valence-electron chi connectivity index (χ4n) is 3.44. The lowest BCUT2D eigenvalue weighted by Crippen LogP contribution is -2.50. The SMILES string of the molecule is CN(C)c1cc(N2CC(Cn3nc4c(cc3=O)CCC4)C2)ncn1. The first-order chi connectivity index (χ1) is 11.6. The number of nitrogens with zero attached hydrogens (tertiary/aromatic N) is 6. The Labute approximate surface area is 140 Å². The molecule has 1 aliphatic carbocycles. The summed E-state index contributed by atoms with van der Waals surface area (Å²) in [6.07, 6.45) is 4.72. The molecule has 126 valence electrons. The highest BCUT2D eigenvalue weighted by atomic mass is 16.1. The maximum Gasteiger partial charge on any atom is 0.267 e. The van der Waals surface area contributed by atoms with Crippen molar-refractivity contribution >= 4 is 11.6 Å². The topological polar surface area (TPSA) is 67.2 Å². The monoisotopic (exact) mass is 326 g/mol. The fraction of sp³-hybridized carbons (Fsp3) is 0.529. The van der Waals surface area contributed by atoms with E-state index < -0.39 is 0 Å². The summed E-state index contributed by atoms with van der Waals surface area (Å²) in [5.41, 5.74) is 2.28. The second-order valence-corrected chi connectivity index (χ2v) is 6.89. The average molecular weight is 326 g/mol. The van der Waals surface area contributed by atoms with Crippen molar-refractivity contribution in [3.63, 3.8) is 0 Å². The molecule has 1 saturated heterocycles. The zero-order valence-corrected chi connectivity index (χ0v) is 14.1. The zero-order valence-electron chi connectivity index (χ0n) is 14.1. The maximum atomic E-state index is 12.2. The maximum absolute atomic E-state index is 12.2. The zero-order chi connectivity index (χ0) is 16.7. The molecule has 1 aliphatic heterocycles. The van der Waals surface area contributed by atoms with Crippen LogP contribution in [-0.2, 0) is 19.4 Å². The van der Waals surface area contributed by atoms with Crippen molar-refractivity contribution in [1.29, 1.82) is 0 Å². The van der Waals surface area contributed by atoms with Gasteiger partial charge in [-0.15, -0.1) is 0 Å². The highest BCUT2D eigenvalue weighted by molar-refractivity contribution is 5.50. The van der Waals surface area contributed by atoms with Gasteiger partial charge in [-0.1, -0.05) is 0 Å². The smallest absolute Gasteiger partial charge is 0.267 e. The van der Waals surface area contributed by atoms with E-state index in [1.54, 1.807) is 17.1 Å². The lowest BCUT2D eigenvalue weighted by Gasteiger charge is -2.40. The van der Waals surface area contributed by atoms with E-state index in [0.29, 0.717) is 12.5 Å². The van der Waals surface area contributed by atoms with E-state index in [9.17, 15) is 4.79 Å². The molecule has 2 aromatic heterocycles. The van der Waals surface area contributed by atoms with E-state index in [1.165, 1.54) is 0 Å². The molecule has 0 saturated carbocycles. The number of aromatic nitrogens is 4. The summed E-state index contributed by atoms with van der Waals surface area (Å²) < 4.78 is 1.65. The van der Waals surface area contributed by atoms with E-state index >= 15 is 0 Å². The molecule has 2 aliphatic rings. The average Bonchev–Trinajstić information content (AvgIpc) is 2.97. The molecule has 0 N–H and O–H groups in total. The van der Waals surface area contributed by atoms with Gasteiger partial charge in [0.1, 0.15) is 18.0 Å². The molecule has 0 atom stereocenters. The number of hydrogen-bond acceptors (Lipinski definition) is 6. The molecule has 0 amide bonds. The summed E-state index contributed by atoms with van der Waals surface area (Å²) in [6.45, 7) is 2.48. The van der Waals surface area contributed by atoms with Gasteiger partial charge < -0.3 is 9.80 Å². The molecule has 4 rings (SSSR count). The Morgan fingerprint density at radius 3 is 2.83 bits per heavy atom. The molecule has 7 heteroatoms. The second-order valence-electron chi connectivity index (χ2n) is 6.89. The van der Waals surface area contributed by atoms with Gasteiger partial charge in [-0.3, -0.25) is 4.79 Å². The third-order valence-corrected chi connectivity index (χ3v) is 4.83. The van der Waals surface area contributed by atoms with Crippen molar-refractivity contribution in [2.24, 2.45) is 5.92 Å². The summed E-state index contributed by atoms with van der Waals surface area (Å²) >= 11 is 0. The van der Waals surface area contributed by atoms with Gasteiger partial charge in [0.05, 0.1) is 12.2 Å². The lowest BCUT2D eigenvalue weighted by molar-refractivity contribution is 0.331. The number of fused-ring (bicyclic) bond motifs is 1. The number of rotatable bonds is 4. The highest BCUT2D eigenvalue weighted by Crippen LogP contribution is 2.25. The summed E-state index contributed by atoms with van der Waals surface area (Å²) in [4.78, 5) is 25.0. The summed E-state index contributed by atoms with van der Waals surface area (Å²) in [5.74, 6) is 2.28. The normalized spacial score (nSPS) is 16.8. The largest absolute Gasteiger partial charge is 0.363 e. The minimum absolute atomic E-state index is 0.0334. The first-order valence-corrected chi connectivity index (χ1v) is 8.44. The van der Waals surface area contributed by atoms with E-state index in [2.05, 4.69) is 20.0 Å². The van der Waals surface area contributed by atoms with Crippen LogP contribution in [0.1, 0.15) is 17.7 Å². The number of anilines is 2. The second kappa shape index (κ2) is 5.89. The number of aryl methyl sites for hydroxylation is 2. The van der Waals surface area contributed by atoms with Crippen LogP contribution in [0, 0.1) is 5.92 Å². The standard InChI is InChI=1S/C17H22N6O/c1-21(2)15-7-16(19-11-18-15)22-8-12(9-22)10-23-17(24)6-13-4-3-5-14(13)20-23/h6-7,11-12H,3-5,8-10H2,1-2H3. The molecule has 2 aromatic rings. The Morgan fingerprint density at radius 1 is 1.21 bits per heavy atom. The Morgan fingerprint density at radius 2 is 2.04 bits per heavy atom. The Balaban J connectivity index is 1.42. The quantitative estimate of drug-likeness (QED) is 0.825. The van der Waals surface area contributed by atoms with Crippen LogP contribution in [0.15, 0.2) is 23.3 Å². The molecule has 0 bridgehead atoms. The molecule has 7 nitrogen and oxygen atoms in total. The van der Waals surface area contributed by atoms with Crippen LogP contribution in [0.25, 0.3) is 0 Å². The highest BCUT2D eigenvalue weighted by Gasteiger charge is 2.29. The van der Waals surface area contributed by atoms with Crippen LogP contribution in [-0.4, -0.2) is 46.9 Å². The molecular weight excluding hydrogens is 304 g/mol. The molecule has 24 heavy (non-hydrogen) atoms. The van der Waals surface area contributed by atoms with Crippen molar-refractivity contribution in [3.8, 4) is 0 Å². The summed E-state index contributed by atoms with van der Waals surface area (Å²) in [5, 5.41) is 4.56. The van der Waals surface area contributed by atoms with Gasteiger partial charge in [0.2, 0.25) is 0 Å². The van der Waals surface area contributed by atoms with Crippen molar-refractivity contribution < 1.29 is 0 Å². The molecule has 0 spiro atoms. The van der Waals surface area contributed by atoms with Crippen LogP contribution in [0.2, 0.25) is 0 Å². The van der Waals surface area contributed by atoms with E-state index in [-0.39, 0.29) is 5.56 Å². The molecular formula is C17H22N6O. The minimum atomic E-state index is 0.0334. The van der Waals surface area contributed by atoms with Crippen LogP contribution in [0.5, 0.6) is 0 Å².